The molecule has 112 valence electrons. The Morgan fingerprint density at radius 3 is 2.43 bits per heavy atom. The predicted molar refractivity (Wildman–Crippen MR) is 88.6 cm³/mol. The molecule has 0 radical (unpaired) electrons. The highest BCUT2D eigenvalue weighted by Gasteiger charge is 2.09. The number of hydrogen-bond acceptors (Lipinski definition) is 2. The van der Waals surface area contributed by atoms with Crippen molar-refractivity contribution >= 4 is 11.6 Å². The summed E-state index contributed by atoms with van der Waals surface area (Å²) in [4.78, 5) is 12.5. The summed E-state index contributed by atoms with van der Waals surface area (Å²) in [5.74, 6) is 0. The molecule has 0 spiro atoms. The molecule has 0 atom stereocenters. The van der Waals surface area contributed by atoms with Crippen LogP contribution >= 0.6 is 11.6 Å². The maximum Gasteiger partial charge on any atom is 0.255 e. The molecule has 1 aromatic heterocycles. The normalized spacial score (nSPS) is 10.8. The van der Waals surface area contributed by atoms with E-state index in [4.69, 9.17) is 17.3 Å². The van der Waals surface area contributed by atoms with Crippen molar-refractivity contribution in [2.24, 2.45) is 5.73 Å². The summed E-state index contributed by atoms with van der Waals surface area (Å²) < 4.78 is 1.83. The lowest BCUT2D eigenvalue weighted by Gasteiger charge is -2.14. The molecule has 0 aliphatic heterocycles. The number of rotatable bonds is 6. The Kier molecular flexibility index (Phi) is 5.59. The number of halogens is 1. The van der Waals surface area contributed by atoms with Gasteiger partial charge in [0.05, 0.1) is 5.69 Å². The minimum Gasteiger partial charge on any atom is -0.326 e. The second-order valence-corrected chi connectivity index (χ2v) is 5.56. The summed E-state index contributed by atoms with van der Waals surface area (Å²) in [7, 11) is 0. The molecule has 0 saturated carbocycles. The van der Waals surface area contributed by atoms with E-state index in [9.17, 15) is 4.79 Å². The van der Waals surface area contributed by atoms with Crippen molar-refractivity contribution in [2.45, 2.75) is 39.3 Å². The summed E-state index contributed by atoms with van der Waals surface area (Å²) in [6.07, 6.45) is 3.23. The lowest BCUT2D eigenvalue weighted by atomic mass is 10.1. The Bertz CT molecular complexity index is 647. The van der Waals surface area contributed by atoms with Crippen molar-refractivity contribution in [3.63, 3.8) is 0 Å². The van der Waals surface area contributed by atoms with E-state index in [1.54, 1.807) is 0 Å². The van der Waals surface area contributed by atoms with E-state index in [0.29, 0.717) is 10.6 Å². The number of benzene rings is 1. The fraction of sp³-hybridized carbons (Fsp3) is 0.353. The van der Waals surface area contributed by atoms with Gasteiger partial charge < -0.3 is 10.3 Å². The average molecular weight is 305 g/mol. The highest BCUT2D eigenvalue weighted by atomic mass is 35.5. The lowest BCUT2D eigenvalue weighted by molar-refractivity contribution is 0.588. The number of unbranched alkanes of at least 4 members (excludes halogenated alkanes) is 2. The van der Waals surface area contributed by atoms with E-state index in [0.717, 1.165) is 37.1 Å². The molecule has 0 fully saturated rings. The van der Waals surface area contributed by atoms with Gasteiger partial charge in [0, 0.05) is 23.7 Å². The first kappa shape index (κ1) is 15.8. The molecule has 0 saturated heterocycles. The largest absolute Gasteiger partial charge is 0.326 e. The summed E-state index contributed by atoms with van der Waals surface area (Å²) in [5, 5.41) is 0.692. The van der Waals surface area contributed by atoms with E-state index >= 15 is 0 Å². The van der Waals surface area contributed by atoms with Gasteiger partial charge in [-0.15, -0.1) is 0 Å². The molecule has 1 heterocycles. The third-order valence-electron chi connectivity index (χ3n) is 3.60. The zero-order valence-corrected chi connectivity index (χ0v) is 13.1. The third-order valence-corrected chi connectivity index (χ3v) is 3.85. The van der Waals surface area contributed by atoms with Crippen LogP contribution in [0, 0.1) is 0 Å². The Labute approximate surface area is 130 Å². The van der Waals surface area contributed by atoms with Crippen LogP contribution in [0.25, 0.3) is 11.3 Å². The van der Waals surface area contributed by atoms with Crippen molar-refractivity contribution in [1.82, 2.24) is 4.57 Å². The van der Waals surface area contributed by atoms with Crippen LogP contribution in [-0.4, -0.2) is 4.57 Å². The first-order chi connectivity index (χ1) is 10.2. The van der Waals surface area contributed by atoms with Crippen LogP contribution in [-0.2, 0) is 13.1 Å². The molecule has 2 aromatic rings. The third kappa shape index (κ3) is 3.74. The SMILES string of the molecule is CCCCCn1c(-c2ccc(Cl)cc2)ccc(CN)c1=O. The van der Waals surface area contributed by atoms with Crippen LogP contribution in [0.3, 0.4) is 0 Å². The molecule has 2 rings (SSSR count). The fourth-order valence-corrected chi connectivity index (χ4v) is 2.52. The Morgan fingerprint density at radius 2 is 1.81 bits per heavy atom. The van der Waals surface area contributed by atoms with Crippen LogP contribution in [0.5, 0.6) is 0 Å². The summed E-state index contributed by atoms with van der Waals surface area (Å²) >= 11 is 5.94. The van der Waals surface area contributed by atoms with Gasteiger partial charge in [-0.05, 0) is 30.2 Å². The second-order valence-electron chi connectivity index (χ2n) is 5.12. The highest BCUT2D eigenvalue weighted by Crippen LogP contribution is 2.21. The maximum atomic E-state index is 12.5. The predicted octanol–water partition coefficient (Wildman–Crippen LogP) is 3.82. The molecule has 0 unspecified atom stereocenters. The standard InChI is InChI=1S/C17H21ClN2O/c1-2-3-4-11-20-16(10-7-14(12-19)17(20)21)13-5-8-15(18)9-6-13/h5-10H,2-4,11-12,19H2,1H3. The van der Waals surface area contributed by atoms with Gasteiger partial charge in [0.2, 0.25) is 0 Å². The van der Waals surface area contributed by atoms with Gasteiger partial charge in [0.25, 0.3) is 5.56 Å². The van der Waals surface area contributed by atoms with Crippen molar-refractivity contribution in [2.75, 3.05) is 0 Å². The average Bonchev–Trinajstić information content (AvgIpc) is 2.50. The van der Waals surface area contributed by atoms with Gasteiger partial charge >= 0.3 is 0 Å². The molecule has 2 N–H and O–H groups in total. The minimum absolute atomic E-state index is 0.0149. The summed E-state index contributed by atoms with van der Waals surface area (Å²) in [6.45, 7) is 3.14. The molecule has 0 bridgehead atoms. The monoisotopic (exact) mass is 304 g/mol. The molecular formula is C17H21ClN2O. The molecular weight excluding hydrogens is 284 g/mol. The first-order valence-electron chi connectivity index (χ1n) is 7.36. The Hall–Kier alpha value is -1.58. The van der Waals surface area contributed by atoms with Crippen LogP contribution in [0.2, 0.25) is 5.02 Å². The maximum absolute atomic E-state index is 12.5. The number of nitrogens with two attached hydrogens (primary N) is 1. The first-order valence-corrected chi connectivity index (χ1v) is 7.74. The van der Waals surface area contributed by atoms with Crippen molar-refractivity contribution in [3.05, 3.63) is 57.3 Å². The van der Waals surface area contributed by atoms with Crippen LogP contribution in [0.4, 0.5) is 0 Å². The van der Waals surface area contributed by atoms with Crippen LogP contribution < -0.4 is 11.3 Å². The van der Waals surface area contributed by atoms with E-state index in [1.807, 2.05) is 41.0 Å². The van der Waals surface area contributed by atoms with E-state index < -0.39 is 0 Å². The Morgan fingerprint density at radius 1 is 1.10 bits per heavy atom. The van der Waals surface area contributed by atoms with Crippen molar-refractivity contribution in [3.8, 4) is 11.3 Å². The van der Waals surface area contributed by atoms with Gasteiger partial charge in [-0.25, -0.2) is 0 Å². The molecule has 3 nitrogen and oxygen atoms in total. The fourth-order valence-electron chi connectivity index (χ4n) is 2.39. The smallest absolute Gasteiger partial charge is 0.255 e. The zero-order valence-electron chi connectivity index (χ0n) is 12.3. The van der Waals surface area contributed by atoms with Crippen molar-refractivity contribution in [1.29, 1.82) is 0 Å². The Balaban J connectivity index is 2.46. The molecule has 1 aromatic carbocycles. The van der Waals surface area contributed by atoms with Gasteiger partial charge in [-0.1, -0.05) is 49.6 Å². The van der Waals surface area contributed by atoms with Crippen LogP contribution in [0.15, 0.2) is 41.2 Å². The summed E-state index contributed by atoms with van der Waals surface area (Å²) in [5.41, 5.74) is 8.24. The molecule has 0 amide bonds. The highest BCUT2D eigenvalue weighted by molar-refractivity contribution is 6.30. The number of aromatic nitrogens is 1. The van der Waals surface area contributed by atoms with E-state index in [1.165, 1.54) is 0 Å². The molecule has 21 heavy (non-hydrogen) atoms. The van der Waals surface area contributed by atoms with E-state index in [-0.39, 0.29) is 12.1 Å². The number of nitrogens with zero attached hydrogens (tertiary/aromatic N) is 1. The zero-order chi connectivity index (χ0) is 15.2. The topological polar surface area (TPSA) is 48.0 Å². The van der Waals surface area contributed by atoms with Crippen molar-refractivity contribution < 1.29 is 0 Å². The number of hydrogen-bond donors (Lipinski definition) is 1. The van der Waals surface area contributed by atoms with Crippen LogP contribution in [0.1, 0.15) is 31.7 Å². The second kappa shape index (κ2) is 7.43. The molecule has 4 heteroatoms. The van der Waals surface area contributed by atoms with Gasteiger partial charge in [-0.3, -0.25) is 4.79 Å². The minimum atomic E-state index is 0.0149. The van der Waals surface area contributed by atoms with E-state index in [2.05, 4.69) is 6.92 Å². The lowest BCUT2D eigenvalue weighted by Crippen LogP contribution is -2.26. The van der Waals surface area contributed by atoms with Gasteiger partial charge in [0.15, 0.2) is 0 Å². The summed E-state index contributed by atoms with van der Waals surface area (Å²) in [6, 6.07) is 11.4. The number of pyridine rings is 1. The molecule has 0 aliphatic rings. The van der Waals surface area contributed by atoms with Gasteiger partial charge in [0.1, 0.15) is 0 Å². The van der Waals surface area contributed by atoms with Gasteiger partial charge in [-0.2, -0.15) is 0 Å². The molecule has 0 aliphatic carbocycles. The quantitative estimate of drug-likeness (QED) is 0.825.